The number of nitrogens with zero attached hydrogens (tertiary/aromatic N) is 3. The Morgan fingerprint density at radius 3 is 2.57 bits per heavy atom. The van der Waals surface area contributed by atoms with Gasteiger partial charge in [0.2, 0.25) is 5.91 Å². The Hall–Kier alpha value is -3.06. The second-order valence-electron chi connectivity index (χ2n) is 7.11. The Balaban J connectivity index is 1.62. The number of aromatic nitrogens is 2. The van der Waals surface area contributed by atoms with Crippen molar-refractivity contribution in [2.45, 2.75) is 25.5 Å². The van der Waals surface area contributed by atoms with Crippen molar-refractivity contribution in [1.29, 1.82) is 0 Å². The molecule has 0 aliphatic carbocycles. The number of rotatable bonds is 7. The number of hydrogen-bond donors (Lipinski definition) is 1. The van der Waals surface area contributed by atoms with Crippen LogP contribution in [0.2, 0.25) is 0 Å². The molecule has 0 radical (unpaired) electrons. The van der Waals surface area contributed by atoms with E-state index in [1.807, 2.05) is 29.0 Å². The van der Waals surface area contributed by atoms with Gasteiger partial charge < -0.3 is 10.2 Å². The van der Waals surface area contributed by atoms with Crippen molar-refractivity contribution in [3.05, 3.63) is 77.1 Å². The Morgan fingerprint density at radius 1 is 1.13 bits per heavy atom. The molecular weight excluding hydrogens is 396 g/mol. The molecular formula is C23H26N4O2S. The number of carbonyl (C=O) groups is 2. The molecule has 6 nitrogen and oxygen atoms in total. The highest BCUT2D eigenvalue weighted by atomic mass is 32.2. The van der Waals surface area contributed by atoms with Gasteiger partial charge in [-0.3, -0.25) is 14.2 Å². The highest BCUT2D eigenvalue weighted by molar-refractivity contribution is 7.99. The van der Waals surface area contributed by atoms with Crippen LogP contribution in [0.25, 0.3) is 5.69 Å². The van der Waals surface area contributed by atoms with Gasteiger partial charge in [0.05, 0.1) is 11.4 Å². The zero-order chi connectivity index (χ0) is 21.7. The molecule has 0 atom stereocenters. The van der Waals surface area contributed by atoms with Crippen LogP contribution in [-0.2, 0) is 11.3 Å². The minimum absolute atomic E-state index is 0.0193. The van der Waals surface area contributed by atoms with Crippen LogP contribution in [-0.4, -0.2) is 46.1 Å². The van der Waals surface area contributed by atoms with E-state index in [1.165, 1.54) is 22.9 Å². The summed E-state index contributed by atoms with van der Waals surface area (Å²) in [4.78, 5) is 30.4. The summed E-state index contributed by atoms with van der Waals surface area (Å²) in [5.74, 6) is 0.196. The summed E-state index contributed by atoms with van der Waals surface area (Å²) in [6, 6.07) is 13.4. The summed E-state index contributed by atoms with van der Waals surface area (Å²) in [5.41, 5.74) is 5.06. The van der Waals surface area contributed by atoms with E-state index in [0.717, 1.165) is 16.4 Å². The lowest BCUT2D eigenvalue weighted by Gasteiger charge is -2.18. The van der Waals surface area contributed by atoms with Gasteiger partial charge in [-0.1, -0.05) is 36.0 Å². The van der Waals surface area contributed by atoms with Gasteiger partial charge in [-0.05, 0) is 48.7 Å². The van der Waals surface area contributed by atoms with E-state index in [1.54, 1.807) is 37.3 Å². The molecule has 0 bridgehead atoms. The van der Waals surface area contributed by atoms with Crippen LogP contribution in [0.1, 0.15) is 27.0 Å². The molecule has 3 aromatic rings. The number of carbonyl (C=O) groups excluding carboxylic acids is 2. The molecule has 0 saturated carbocycles. The quantitative estimate of drug-likeness (QED) is 0.591. The predicted molar refractivity (Wildman–Crippen MR) is 120 cm³/mol. The van der Waals surface area contributed by atoms with Crippen molar-refractivity contribution in [2.75, 3.05) is 19.8 Å². The molecule has 0 aliphatic heterocycles. The van der Waals surface area contributed by atoms with Gasteiger partial charge in [0, 0.05) is 38.6 Å². The summed E-state index contributed by atoms with van der Waals surface area (Å²) >= 11 is 1.43. The largest absolute Gasteiger partial charge is 0.355 e. The van der Waals surface area contributed by atoms with E-state index in [4.69, 9.17) is 0 Å². The molecule has 3 rings (SSSR count). The van der Waals surface area contributed by atoms with Crippen LogP contribution in [0.3, 0.4) is 0 Å². The van der Waals surface area contributed by atoms with E-state index in [9.17, 15) is 9.59 Å². The van der Waals surface area contributed by atoms with Crippen LogP contribution >= 0.6 is 11.8 Å². The first-order valence-electron chi connectivity index (χ1n) is 9.68. The zero-order valence-corrected chi connectivity index (χ0v) is 18.5. The molecule has 0 saturated heterocycles. The maximum atomic E-state index is 12.6. The van der Waals surface area contributed by atoms with Crippen molar-refractivity contribution >= 4 is 23.6 Å². The highest BCUT2D eigenvalue weighted by Gasteiger charge is 2.14. The first kappa shape index (κ1) is 21.6. The van der Waals surface area contributed by atoms with E-state index in [0.29, 0.717) is 17.9 Å². The van der Waals surface area contributed by atoms with Gasteiger partial charge in [0.25, 0.3) is 5.91 Å². The van der Waals surface area contributed by atoms with Crippen LogP contribution in [0.4, 0.5) is 0 Å². The molecule has 0 aliphatic rings. The van der Waals surface area contributed by atoms with Crippen molar-refractivity contribution < 1.29 is 9.59 Å². The summed E-state index contributed by atoms with van der Waals surface area (Å²) in [7, 11) is 3.39. The Labute approximate surface area is 181 Å². The van der Waals surface area contributed by atoms with Crippen molar-refractivity contribution in [2.24, 2.45) is 0 Å². The molecule has 7 heteroatoms. The van der Waals surface area contributed by atoms with Crippen LogP contribution in [0.5, 0.6) is 0 Å². The second-order valence-corrected chi connectivity index (χ2v) is 8.06. The van der Waals surface area contributed by atoms with Crippen molar-refractivity contribution in [3.8, 4) is 5.69 Å². The number of benzene rings is 2. The van der Waals surface area contributed by atoms with E-state index < -0.39 is 0 Å². The molecule has 0 spiro atoms. The molecule has 0 fully saturated rings. The summed E-state index contributed by atoms with van der Waals surface area (Å²) in [6.07, 6.45) is 3.68. The fraction of sp³-hybridized carbons (Fsp3) is 0.261. The van der Waals surface area contributed by atoms with E-state index >= 15 is 0 Å². The number of thioether (sulfide) groups is 1. The fourth-order valence-electron chi connectivity index (χ4n) is 3.08. The first-order valence-corrected chi connectivity index (χ1v) is 10.7. The van der Waals surface area contributed by atoms with Gasteiger partial charge >= 0.3 is 0 Å². The van der Waals surface area contributed by atoms with Gasteiger partial charge in [-0.25, -0.2) is 4.98 Å². The van der Waals surface area contributed by atoms with E-state index in [-0.39, 0.29) is 11.8 Å². The number of amides is 2. The second kappa shape index (κ2) is 9.63. The summed E-state index contributed by atoms with van der Waals surface area (Å²) in [5, 5.41) is 3.39. The number of nitrogens with one attached hydrogen (secondary N) is 1. The third-order valence-corrected chi connectivity index (χ3v) is 6.01. The minimum Gasteiger partial charge on any atom is -0.355 e. The number of aryl methyl sites for hydroxylation is 1. The lowest BCUT2D eigenvalue weighted by atomic mass is 10.1. The third-order valence-electron chi connectivity index (χ3n) is 5.06. The van der Waals surface area contributed by atoms with Crippen LogP contribution < -0.4 is 5.32 Å². The summed E-state index contributed by atoms with van der Waals surface area (Å²) in [6.45, 7) is 4.66. The number of imidazole rings is 1. The SMILES string of the molecule is CNC(=O)c1ccc(CN(C)C(=O)CSc2nccn2-c2cccc(C)c2C)cc1. The monoisotopic (exact) mass is 422 g/mol. The smallest absolute Gasteiger partial charge is 0.251 e. The Kier molecular flexibility index (Phi) is 6.95. The van der Waals surface area contributed by atoms with Crippen molar-refractivity contribution in [3.63, 3.8) is 0 Å². The lowest BCUT2D eigenvalue weighted by molar-refractivity contribution is -0.127. The van der Waals surface area contributed by atoms with Crippen LogP contribution in [0.15, 0.2) is 60.0 Å². The molecule has 30 heavy (non-hydrogen) atoms. The molecule has 1 N–H and O–H groups in total. The normalized spacial score (nSPS) is 10.7. The Bertz CT molecular complexity index is 1040. The summed E-state index contributed by atoms with van der Waals surface area (Å²) < 4.78 is 2.03. The third kappa shape index (κ3) is 4.91. The minimum atomic E-state index is -0.123. The van der Waals surface area contributed by atoms with Gasteiger partial charge in [0.1, 0.15) is 0 Å². The molecule has 1 aromatic heterocycles. The van der Waals surface area contributed by atoms with E-state index in [2.05, 4.69) is 36.3 Å². The predicted octanol–water partition coefficient (Wildman–Crippen LogP) is 3.60. The molecule has 2 amide bonds. The van der Waals surface area contributed by atoms with Crippen LogP contribution in [0, 0.1) is 13.8 Å². The van der Waals surface area contributed by atoms with Crippen molar-refractivity contribution in [1.82, 2.24) is 19.8 Å². The lowest BCUT2D eigenvalue weighted by Crippen LogP contribution is -2.28. The highest BCUT2D eigenvalue weighted by Crippen LogP contribution is 2.24. The molecule has 0 unspecified atom stereocenters. The fourth-order valence-corrected chi connectivity index (χ4v) is 3.99. The zero-order valence-electron chi connectivity index (χ0n) is 17.7. The molecule has 1 heterocycles. The van der Waals surface area contributed by atoms with Gasteiger partial charge in [-0.2, -0.15) is 0 Å². The maximum absolute atomic E-state index is 12.6. The maximum Gasteiger partial charge on any atom is 0.251 e. The average molecular weight is 423 g/mol. The average Bonchev–Trinajstić information content (AvgIpc) is 3.22. The number of hydrogen-bond acceptors (Lipinski definition) is 4. The standard InChI is InChI=1S/C23H26N4O2S/c1-16-6-5-7-20(17(16)2)27-13-12-25-23(27)30-15-21(28)26(4)14-18-8-10-19(11-9-18)22(29)24-3/h5-13H,14-15H2,1-4H3,(H,24,29). The topological polar surface area (TPSA) is 67.2 Å². The van der Waals surface area contributed by atoms with Gasteiger partial charge in [0.15, 0.2) is 5.16 Å². The van der Waals surface area contributed by atoms with Gasteiger partial charge in [-0.15, -0.1) is 0 Å². The molecule has 2 aromatic carbocycles. The Morgan fingerprint density at radius 2 is 1.87 bits per heavy atom. The molecule has 156 valence electrons. The first-order chi connectivity index (χ1) is 14.4.